The molecule has 12 aromatic rings. The molecule has 4 aromatic carbocycles. The molecule has 0 amide bonds. The molecule has 30 heteroatoms. The van der Waals surface area contributed by atoms with Crippen molar-refractivity contribution in [1.82, 2.24) is 59.8 Å². The number of aromatic nitrogens is 12. The predicted octanol–water partition coefficient (Wildman–Crippen LogP) is 19.8. The van der Waals surface area contributed by atoms with Crippen LogP contribution in [-0.2, 0) is 0 Å². The predicted molar refractivity (Wildman–Crippen MR) is 410 cm³/mol. The molecule has 0 bridgehead atoms. The molecule has 4 N–H and O–H groups in total. The summed E-state index contributed by atoms with van der Waals surface area (Å²) in [7, 11) is 0. The zero-order chi connectivity index (χ0) is 73.8. The molecule has 12 heterocycles. The molecule has 0 aliphatic carbocycles. The maximum atomic E-state index is 14.3. The quantitative estimate of drug-likeness (QED) is 0.0588. The third kappa shape index (κ3) is 18.7. The van der Waals surface area contributed by atoms with Crippen molar-refractivity contribution in [1.29, 1.82) is 0 Å². The summed E-state index contributed by atoms with van der Waals surface area (Å²) in [6, 6.07) is 28.7. The highest BCUT2D eigenvalue weighted by Crippen LogP contribution is 2.42. The lowest BCUT2D eigenvalue weighted by Gasteiger charge is -2.26. The van der Waals surface area contributed by atoms with Gasteiger partial charge in [0.15, 0.2) is 20.5 Å². The van der Waals surface area contributed by atoms with Crippen molar-refractivity contribution in [2.45, 2.75) is 129 Å². The molecule has 0 saturated carbocycles. The zero-order valence-corrected chi connectivity index (χ0v) is 62.3. The van der Waals surface area contributed by atoms with E-state index in [0.717, 1.165) is 154 Å². The standard InChI is InChI=1S/C20H21F2N5S.C20H22FN5S.C18H17F2N5S.C18H18FN5S/c1-12(2)17-10-23-20(28-17)26-18-9-19(25-11-24-18)27-7-3-4-16(27)14-6-5-13(21)8-15(14)22;1-13(2)17-11-22-20(27-17)25-18-10-19(24-12-23-18)26-9-3-4-16(26)14-5-7-15(21)8-6-14;1-11-9-21-18(26-11)24-16-8-17(23-10-22-16)25-6-2-3-15(25)13-5-4-12(19)7-14(13)20;1-12-10-20-18(25-12)23-16-9-17(22-11-21-16)24-8-2-3-15(24)13-4-6-14(19)7-5-13/h5-6,8-12,16H,3-4,7H2,1-2H3,(H,23,24,25,26);5-8,10-13,16H,3-4,9H2,1-2H3,(H,22,23,24,25);4-5,7-10,15H,2-3,6H2,1H3,(H,21,22,23,24);4-7,9-11,15H,2-3,8H2,1H3,(H,20,21,22,23). The summed E-state index contributed by atoms with van der Waals surface area (Å²) >= 11 is 6.36. The van der Waals surface area contributed by atoms with Crippen LogP contribution in [0.2, 0.25) is 0 Å². The monoisotopic (exact) mass is 1510 g/mol. The van der Waals surface area contributed by atoms with Crippen LogP contribution in [0.4, 0.5) is 93.4 Å². The minimum Gasteiger partial charge on any atom is -0.349 e. The van der Waals surface area contributed by atoms with Crippen LogP contribution in [0.5, 0.6) is 0 Å². The van der Waals surface area contributed by atoms with Crippen LogP contribution in [0.15, 0.2) is 159 Å². The fourth-order valence-electron chi connectivity index (χ4n) is 13.2. The molecule has 20 nitrogen and oxygen atoms in total. The van der Waals surface area contributed by atoms with Gasteiger partial charge in [0.05, 0.1) is 24.2 Å². The molecule has 16 rings (SSSR count). The number of nitrogens with one attached hydrogen (secondary N) is 4. The second kappa shape index (κ2) is 34.3. The number of anilines is 12. The van der Waals surface area contributed by atoms with E-state index in [2.05, 4.69) is 119 Å². The van der Waals surface area contributed by atoms with Crippen LogP contribution < -0.4 is 40.9 Å². The Morgan fingerprint density at radius 1 is 0.340 bits per heavy atom. The van der Waals surface area contributed by atoms with Crippen LogP contribution >= 0.6 is 45.3 Å². The molecule has 0 radical (unpaired) electrons. The SMILES string of the molecule is CC(C)c1cnc(Nc2cc(N3CCCC3c3ccc(F)cc3)ncn2)s1.CC(C)c1cnc(Nc2cc(N3CCCC3c3ccc(F)cc3F)ncn2)s1.Cc1cnc(Nc2cc(N3CCCC3c3ccc(F)cc3)ncn2)s1.Cc1cnc(Nc2cc(N3CCCC3c3ccc(F)cc3F)ncn2)s1. The van der Waals surface area contributed by atoms with Crippen LogP contribution in [0.1, 0.15) is 157 Å². The molecular weight excluding hydrogens is 1440 g/mol. The first-order chi connectivity index (χ1) is 51.4. The maximum absolute atomic E-state index is 14.3. The van der Waals surface area contributed by atoms with Gasteiger partial charge in [0.25, 0.3) is 0 Å². The largest absolute Gasteiger partial charge is 0.349 e. The second-order valence-electron chi connectivity index (χ2n) is 26.4. The summed E-state index contributed by atoms with van der Waals surface area (Å²) in [6.07, 6.45) is 21.2. The van der Waals surface area contributed by atoms with Gasteiger partial charge in [0.1, 0.15) is 107 Å². The van der Waals surface area contributed by atoms with Gasteiger partial charge in [-0.1, -0.05) is 64.1 Å². The van der Waals surface area contributed by atoms with Gasteiger partial charge in [-0.2, -0.15) is 0 Å². The van der Waals surface area contributed by atoms with Gasteiger partial charge in [-0.3, -0.25) is 0 Å². The van der Waals surface area contributed by atoms with E-state index in [1.54, 1.807) is 64.2 Å². The van der Waals surface area contributed by atoms with E-state index >= 15 is 0 Å². The van der Waals surface area contributed by atoms with Gasteiger partial charge in [0, 0.05) is 118 Å². The Labute approximate surface area is 626 Å². The average Bonchev–Trinajstić information content (AvgIpc) is 1.49. The Balaban J connectivity index is 0.000000125. The third-order valence-electron chi connectivity index (χ3n) is 18.3. The number of rotatable bonds is 18. The average molecular weight is 1510 g/mol. The highest BCUT2D eigenvalue weighted by atomic mass is 32.1. The van der Waals surface area contributed by atoms with Gasteiger partial charge in [-0.25, -0.2) is 86.2 Å². The Bertz CT molecular complexity index is 4890. The molecule has 548 valence electrons. The first kappa shape index (κ1) is 74.0. The highest BCUT2D eigenvalue weighted by molar-refractivity contribution is 7.16. The topological polar surface area (TPSA) is 216 Å². The lowest BCUT2D eigenvalue weighted by Crippen LogP contribution is -2.24. The van der Waals surface area contributed by atoms with Crippen molar-refractivity contribution < 1.29 is 26.3 Å². The number of hydrogen-bond donors (Lipinski definition) is 4. The molecule has 4 aliphatic rings. The molecule has 0 spiro atoms. The fourth-order valence-corrected chi connectivity index (χ4v) is 16.2. The van der Waals surface area contributed by atoms with E-state index in [0.29, 0.717) is 46.2 Å². The number of benzene rings is 4. The van der Waals surface area contributed by atoms with Gasteiger partial charge in [-0.05, 0) is 125 Å². The summed E-state index contributed by atoms with van der Waals surface area (Å²) in [5.74, 6) is 4.19. The Kier molecular flexibility index (Phi) is 23.9. The van der Waals surface area contributed by atoms with Gasteiger partial charge in [-0.15, -0.1) is 45.3 Å². The molecular formula is C76H78F6N20S4. The minimum atomic E-state index is -0.567. The molecule has 106 heavy (non-hydrogen) atoms. The summed E-state index contributed by atoms with van der Waals surface area (Å²) in [6.45, 7) is 15.9. The number of thiazole rings is 4. The van der Waals surface area contributed by atoms with Crippen molar-refractivity contribution in [3.05, 3.63) is 236 Å². The Hall–Kier alpha value is -10.3. The fraction of sp³-hybridized carbons (Fsp3) is 0.316. The van der Waals surface area contributed by atoms with Crippen LogP contribution in [0.3, 0.4) is 0 Å². The van der Waals surface area contributed by atoms with Gasteiger partial charge >= 0.3 is 0 Å². The number of nitrogens with zero attached hydrogens (tertiary/aromatic N) is 16. The molecule has 4 fully saturated rings. The van der Waals surface area contributed by atoms with Gasteiger partial charge < -0.3 is 40.9 Å². The second-order valence-corrected chi connectivity index (χ2v) is 31.0. The van der Waals surface area contributed by atoms with Crippen molar-refractivity contribution in [3.63, 3.8) is 0 Å². The van der Waals surface area contributed by atoms with E-state index in [-0.39, 0.29) is 35.8 Å². The van der Waals surface area contributed by atoms with Crippen molar-refractivity contribution in [3.8, 4) is 0 Å². The maximum Gasteiger partial charge on any atom is 0.188 e. The van der Waals surface area contributed by atoms with Crippen LogP contribution in [-0.4, -0.2) is 86.0 Å². The van der Waals surface area contributed by atoms with Crippen LogP contribution in [0, 0.1) is 48.8 Å². The van der Waals surface area contributed by atoms with Gasteiger partial charge in [0.2, 0.25) is 0 Å². The normalized spacial score (nSPS) is 16.9. The number of hydrogen-bond acceptors (Lipinski definition) is 24. The van der Waals surface area contributed by atoms with E-state index < -0.39 is 23.3 Å². The molecule has 4 unspecified atom stereocenters. The first-order valence-corrected chi connectivity index (χ1v) is 38.3. The lowest BCUT2D eigenvalue weighted by atomic mass is 10.0. The van der Waals surface area contributed by atoms with Crippen LogP contribution in [0.25, 0.3) is 0 Å². The smallest absolute Gasteiger partial charge is 0.188 e. The van der Waals surface area contributed by atoms with Crippen molar-refractivity contribution >= 4 is 112 Å². The van der Waals surface area contributed by atoms with E-state index in [9.17, 15) is 26.3 Å². The summed E-state index contributed by atoms with van der Waals surface area (Å²) in [4.78, 5) is 65.5. The summed E-state index contributed by atoms with van der Waals surface area (Å²) in [5.41, 5.74) is 3.21. The molecule has 4 atom stereocenters. The summed E-state index contributed by atoms with van der Waals surface area (Å²) < 4.78 is 81.5. The van der Waals surface area contributed by atoms with Crippen molar-refractivity contribution in [2.24, 2.45) is 0 Å². The molecule has 4 saturated heterocycles. The lowest BCUT2D eigenvalue weighted by molar-refractivity contribution is 0.552. The molecule has 8 aromatic heterocycles. The highest BCUT2D eigenvalue weighted by Gasteiger charge is 2.33. The van der Waals surface area contributed by atoms with E-state index in [1.807, 2.05) is 90.8 Å². The first-order valence-electron chi connectivity index (χ1n) is 35.0. The third-order valence-corrected chi connectivity index (χ3v) is 22.4. The summed E-state index contributed by atoms with van der Waals surface area (Å²) in [5, 5.41) is 16.1. The zero-order valence-electron chi connectivity index (χ0n) is 59.0. The Morgan fingerprint density at radius 2 is 0.632 bits per heavy atom. The Morgan fingerprint density at radius 3 is 0.925 bits per heavy atom. The number of halogens is 6. The number of aryl methyl sites for hydroxylation is 2. The van der Waals surface area contributed by atoms with Crippen molar-refractivity contribution in [2.75, 3.05) is 67.0 Å². The molecule has 4 aliphatic heterocycles. The van der Waals surface area contributed by atoms with E-state index in [1.165, 1.54) is 70.9 Å². The minimum absolute atomic E-state index is 0.166. The van der Waals surface area contributed by atoms with E-state index in [4.69, 9.17) is 0 Å².